The Kier molecular flexibility index (Phi) is 6.51. The lowest BCUT2D eigenvalue weighted by Gasteiger charge is -2.26. The number of aliphatic hydroxyl groups excluding tert-OH is 1. The highest BCUT2D eigenvalue weighted by Gasteiger charge is 2.47. The van der Waals surface area contributed by atoms with E-state index in [0.29, 0.717) is 22.6 Å². The third kappa shape index (κ3) is 4.20. The van der Waals surface area contributed by atoms with Crippen LogP contribution >= 0.6 is 15.9 Å². The van der Waals surface area contributed by atoms with Gasteiger partial charge in [-0.25, -0.2) is 4.79 Å². The topological polar surface area (TPSA) is 93.1 Å². The smallest absolute Gasteiger partial charge is 0.337 e. The second-order valence-electron chi connectivity index (χ2n) is 7.49. The molecule has 1 amide bonds. The molecule has 0 bridgehead atoms. The van der Waals surface area contributed by atoms with Gasteiger partial charge in [0.2, 0.25) is 0 Å². The van der Waals surface area contributed by atoms with Crippen molar-refractivity contribution in [1.29, 1.82) is 0 Å². The first-order valence-electron chi connectivity index (χ1n) is 10.2. The Hall–Kier alpha value is -3.91. The van der Waals surface area contributed by atoms with Gasteiger partial charge in [-0.15, -0.1) is 0 Å². The van der Waals surface area contributed by atoms with Gasteiger partial charge in [-0.1, -0.05) is 46.3 Å². The summed E-state index contributed by atoms with van der Waals surface area (Å²) in [7, 11) is 2.80. The summed E-state index contributed by atoms with van der Waals surface area (Å²) in [6, 6.07) is 18.9. The lowest BCUT2D eigenvalue weighted by molar-refractivity contribution is -0.132. The average molecular weight is 522 g/mol. The largest absolute Gasteiger partial charge is 0.507 e. The van der Waals surface area contributed by atoms with Crippen LogP contribution in [0.15, 0.2) is 82.8 Å². The fraction of sp³-hybridized carbons (Fsp3) is 0.115. The molecule has 8 heteroatoms. The van der Waals surface area contributed by atoms with Gasteiger partial charge >= 0.3 is 5.97 Å². The molecule has 1 aliphatic rings. The molecule has 0 aliphatic carbocycles. The quantitative estimate of drug-likeness (QED) is 0.223. The van der Waals surface area contributed by atoms with E-state index in [0.717, 1.165) is 4.47 Å². The van der Waals surface area contributed by atoms with Crippen LogP contribution in [0.25, 0.3) is 5.76 Å². The average Bonchev–Trinajstić information content (AvgIpc) is 3.14. The summed E-state index contributed by atoms with van der Waals surface area (Å²) in [6.07, 6.45) is 0. The molecule has 7 nitrogen and oxygen atoms in total. The Balaban J connectivity index is 1.92. The van der Waals surface area contributed by atoms with Gasteiger partial charge < -0.3 is 14.6 Å². The molecule has 1 aliphatic heterocycles. The van der Waals surface area contributed by atoms with E-state index in [1.807, 2.05) is 0 Å². The first kappa shape index (κ1) is 23.3. The molecule has 1 heterocycles. The molecule has 0 aromatic heterocycles. The Morgan fingerprint density at radius 3 is 2.24 bits per heavy atom. The van der Waals surface area contributed by atoms with Crippen molar-refractivity contribution in [3.63, 3.8) is 0 Å². The normalized spacial score (nSPS) is 17.0. The van der Waals surface area contributed by atoms with Crippen molar-refractivity contribution in [2.75, 3.05) is 19.1 Å². The van der Waals surface area contributed by atoms with Gasteiger partial charge in [-0.05, 0) is 48.0 Å². The maximum absolute atomic E-state index is 13.2. The number of carbonyl (C=O) groups excluding carboxylic acids is 3. The number of aliphatic hydroxyl groups is 1. The van der Waals surface area contributed by atoms with Crippen LogP contribution in [-0.2, 0) is 14.3 Å². The molecular weight excluding hydrogens is 502 g/mol. The van der Waals surface area contributed by atoms with Crippen molar-refractivity contribution in [3.05, 3.63) is 99.5 Å². The standard InChI is InChI=1S/C26H20BrNO6/c1-33-20-12-8-15(9-13-20)22-21(23(29)16-6-10-18(27)11-7-16)24(30)25(31)28(22)19-5-3-4-17(14-19)26(32)34-2/h3-14,22,29H,1-2H3/b23-21+. The number of ether oxygens (including phenoxy) is 2. The van der Waals surface area contributed by atoms with Crippen LogP contribution in [0.5, 0.6) is 5.75 Å². The van der Waals surface area contributed by atoms with Gasteiger partial charge in [0, 0.05) is 15.7 Å². The van der Waals surface area contributed by atoms with E-state index >= 15 is 0 Å². The highest BCUT2D eigenvalue weighted by Crippen LogP contribution is 2.42. The number of hydrogen-bond donors (Lipinski definition) is 1. The summed E-state index contributed by atoms with van der Waals surface area (Å²) >= 11 is 3.35. The number of Topliss-reactive ketones (excluding diaryl/α,β-unsaturated/α-hetero) is 1. The van der Waals surface area contributed by atoms with Crippen molar-refractivity contribution >= 4 is 45.0 Å². The Bertz CT molecular complexity index is 1300. The van der Waals surface area contributed by atoms with E-state index in [-0.39, 0.29) is 16.9 Å². The van der Waals surface area contributed by atoms with E-state index in [4.69, 9.17) is 9.47 Å². The molecule has 1 unspecified atom stereocenters. The third-order valence-electron chi connectivity index (χ3n) is 5.54. The number of halogens is 1. The fourth-order valence-corrected chi connectivity index (χ4v) is 4.13. The van der Waals surface area contributed by atoms with Gasteiger partial charge in [-0.2, -0.15) is 0 Å². The minimum atomic E-state index is -0.928. The number of hydrogen-bond acceptors (Lipinski definition) is 6. The maximum atomic E-state index is 13.2. The molecule has 4 rings (SSSR count). The zero-order valence-electron chi connectivity index (χ0n) is 18.3. The van der Waals surface area contributed by atoms with E-state index < -0.39 is 23.7 Å². The van der Waals surface area contributed by atoms with E-state index in [9.17, 15) is 19.5 Å². The number of ketones is 1. The molecular formula is C26H20BrNO6. The Labute approximate surface area is 204 Å². The van der Waals surface area contributed by atoms with E-state index in [1.54, 1.807) is 66.7 Å². The zero-order chi connectivity index (χ0) is 24.4. The van der Waals surface area contributed by atoms with Gasteiger partial charge in [0.25, 0.3) is 11.7 Å². The minimum Gasteiger partial charge on any atom is -0.507 e. The van der Waals surface area contributed by atoms with Crippen LogP contribution in [0.3, 0.4) is 0 Å². The van der Waals surface area contributed by atoms with Crippen LogP contribution in [0.1, 0.15) is 27.5 Å². The number of amides is 1. The molecule has 0 saturated carbocycles. The number of nitrogens with zero attached hydrogens (tertiary/aromatic N) is 1. The highest BCUT2D eigenvalue weighted by atomic mass is 79.9. The van der Waals surface area contributed by atoms with E-state index in [1.165, 1.54) is 25.2 Å². The van der Waals surface area contributed by atoms with Crippen LogP contribution in [0, 0.1) is 0 Å². The molecule has 34 heavy (non-hydrogen) atoms. The summed E-state index contributed by atoms with van der Waals surface area (Å²) in [5.41, 5.74) is 1.47. The highest BCUT2D eigenvalue weighted by molar-refractivity contribution is 9.10. The Morgan fingerprint density at radius 2 is 1.62 bits per heavy atom. The van der Waals surface area contributed by atoms with Crippen molar-refractivity contribution in [1.82, 2.24) is 0 Å². The lowest BCUT2D eigenvalue weighted by Crippen LogP contribution is -2.29. The number of anilines is 1. The number of carbonyl (C=O) groups is 3. The number of esters is 1. The first-order valence-corrected chi connectivity index (χ1v) is 11.0. The summed E-state index contributed by atoms with van der Waals surface area (Å²) < 4.78 is 10.8. The fourth-order valence-electron chi connectivity index (χ4n) is 3.86. The molecule has 3 aromatic rings. The predicted octanol–water partition coefficient (Wildman–Crippen LogP) is 4.87. The summed E-state index contributed by atoms with van der Waals surface area (Å²) in [6.45, 7) is 0. The molecule has 1 saturated heterocycles. The van der Waals surface area contributed by atoms with Gasteiger partial charge in [0.05, 0.1) is 31.4 Å². The number of methoxy groups -OCH3 is 2. The van der Waals surface area contributed by atoms with Gasteiger partial charge in [0.1, 0.15) is 11.5 Å². The summed E-state index contributed by atoms with van der Waals surface area (Å²) in [4.78, 5) is 39.8. The second-order valence-corrected chi connectivity index (χ2v) is 8.41. The van der Waals surface area contributed by atoms with E-state index in [2.05, 4.69) is 15.9 Å². The number of benzene rings is 3. The SMILES string of the molecule is COC(=O)c1cccc(N2C(=O)C(=O)/C(=C(/O)c3ccc(Br)cc3)C2c2ccc(OC)cc2)c1. The molecule has 1 N–H and O–H groups in total. The third-order valence-corrected chi connectivity index (χ3v) is 6.07. The van der Waals surface area contributed by atoms with Gasteiger partial charge in [0.15, 0.2) is 0 Å². The van der Waals surface area contributed by atoms with Crippen molar-refractivity contribution < 1.29 is 29.0 Å². The Morgan fingerprint density at radius 1 is 0.941 bits per heavy atom. The molecule has 1 atom stereocenters. The second kappa shape index (κ2) is 9.52. The van der Waals surface area contributed by atoms with Crippen LogP contribution in [0.2, 0.25) is 0 Å². The number of rotatable bonds is 5. The summed E-state index contributed by atoms with van der Waals surface area (Å²) in [5.74, 6) is -1.92. The summed E-state index contributed by atoms with van der Waals surface area (Å²) in [5, 5.41) is 11.1. The molecule has 172 valence electrons. The van der Waals surface area contributed by atoms with Gasteiger partial charge in [-0.3, -0.25) is 14.5 Å². The molecule has 1 fully saturated rings. The molecule has 3 aromatic carbocycles. The van der Waals surface area contributed by atoms with Crippen LogP contribution in [-0.4, -0.2) is 37.0 Å². The maximum Gasteiger partial charge on any atom is 0.337 e. The monoisotopic (exact) mass is 521 g/mol. The predicted molar refractivity (Wildman–Crippen MR) is 130 cm³/mol. The zero-order valence-corrected chi connectivity index (χ0v) is 19.9. The molecule has 0 spiro atoms. The van der Waals surface area contributed by atoms with Crippen molar-refractivity contribution in [2.45, 2.75) is 6.04 Å². The first-order chi connectivity index (χ1) is 16.3. The van der Waals surface area contributed by atoms with Crippen LogP contribution < -0.4 is 9.64 Å². The molecule has 0 radical (unpaired) electrons. The lowest BCUT2D eigenvalue weighted by atomic mass is 9.95. The minimum absolute atomic E-state index is 0.0547. The van der Waals surface area contributed by atoms with Crippen LogP contribution in [0.4, 0.5) is 5.69 Å². The van der Waals surface area contributed by atoms with Crippen molar-refractivity contribution in [3.8, 4) is 5.75 Å². The van der Waals surface area contributed by atoms with Crippen molar-refractivity contribution in [2.24, 2.45) is 0 Å².